The van der Waals surface area contributed by atoms with Gasteiger partial charge in [-0.3, -0.25) is 4.79 Å². The minimum Gasteiger partial charge on any atom is -0.452 e. The van der Waals surface area contributed by atoms with E-state index < -0.39 is 5.97 Å². The molecule has 1 heterocycles. The summed E-state index contributed by atoms with van der Waals surface area (Å²) in [4.78, 5) is 27.7. The molecule has 0 unspecified atom stereocenters. The lowest BCUT2D eigenvalue weighted by molar-refractivity contribution is 0.0734. The molecule has 3 aromatic carbocycles. The van der Waals surface area contributed by atoms with Crippen molar-refractivity contribution in [2.75, 3.05) is 18.0 Å². The lowest BCUT2D eigenvalue weighted by Gasteiger charge is -2.20. The van der Waals surface area contributed by atoms with Crippen molar-refractivity contribution >= 4 is 23.5 Å². The molecular formula is C30H31NO4. The zero-order valence-electron chi connectivity index (χ0n) is 20.9. The Balaban J connectivity index is 1.47. The van der Waals surface area contributed by atoms with Crippen LogP contribution in [-0.2, 0) is 5.41 Å². The molecule has 0 atom stereocenters. The van der Waals surface area contributed by atoms with Gasteiger partial charge in [-0.15, -0.1) is 0 Å². The van der Waals surface area contributed by atoms with E-state index in [-0.39, 0.29) is 17.0 Å². The Hall–Kier alpha value is -3.86. The minimum atomic E-state index is -0.459. The molecule has 180 valence electrons. The van der Waals surface area contributed by atoms with Crippen LogP contribution in [0.3, 0.4) is 0 Å². The van der Waals surface area contributed by atoms with Crippen LogP contribution in [-0.4, -0.2) is 24.8 Å². The van der Waals surface area contributed by atoms with Gasteiger partial charge >= 0.3 is 5.97 Å². The fraction of sp³-hybridized carbons (Fsp3) is 0.267. The first-order valence-electron chi connectivity index (χ1n) is 12.0. The number of carbonyl (C=O) groups excluding carboxylic acids is 2. The van der Waals surface area contributed by atoms with Gasteiger partial charge < -0.3 is 14.4 Å². The van der Waals surface area contributed by atoms with Crippen molar-refractivity contribution in [3.63, 3.8) is 0 Å². The number of benzene rings is 3. The van der Waals surface area contributed by atoms with Crippen molar-refractivity contribution in [1.29, 1.82) is 0 Å². The normalized spacial score (nSPS) is 14.0. The standard InChI is InChI=1S/C30H31NO4/c1-6-31(7-2)23-14-8-20(9-15-23)18-27-28(32)25-17-16-24(19-26(25)35-27)34-29(33)21-10-12-22(13-11-21)30(3,4)5/h8-19H,6-7H2,1-5H3/b27-18-. The van der Waals surface area contributed by atoms with E-state index in [2.05, 4.69) is 39.5 Å². The quantitative estimate of drug-likeness (QED) is 0.229. The maximum Gasteiger partial charge on any atom is 0.343 e. The molecule has 0 spiro atoms. The number of allylic oxidation sites excluding steroid dienone is 1. The number of Topliss-reactive ketones (excluding diaryl/α,β-unsaturated/α-hetero) is 1. The van der Waals surface area contributed by atoms with Crippen LogP contribution >= 0.6 is 0 Å². The van der Waals surface area contributed by atoms with Gasteiger partial charge in [0.1, 0.15) is 11.5 Å². The molecule has 5 nitrogen and oxygen atoms in total. The van der Waals surface area contributed by atoms with Gasteiger partial charge in [-0.05, 0) is 72.9 Å². The van der Waals surface area contributed by atoms with Gasteiger partial charge in [0, 0.05) is 24.8 Å². The molecule has 3 aromatic rings. The Labute approximate surface area is 207 Å². The molecular weight excluding hydrogens is 438 g/mol. The lowest BCUT2D eigenvalue weighted by Crippen LogP contribution is -2.21. The van der Waals surface area contributed by atoms with Gasteiger partial charge in [-0.1, -0.05) is 45.0 Å². The molecule has 0 aliphatic carbocycles. The Morgan fingerprint density at radius 2 is 1.60 bits per heavy atom. The number of carbonyl (C=O) groups is 2. The van der Waals surface area contributed by atoms with Gasteiger partial charge in [-0.2, -0.15) is 0 Å². The molecule has 0 saturated carbocycles. The van der Waals surface area contributed by atoms with Crippen LogP contribution in [0.5, 0.6) is 11.5 Å². The number of ether oxygens (including phenoxy) is 2. The van der Waals surface area contributed by atoms with E-state index in [0.29, 0.717) is 22.6 Å². The highest BCUT2D eigenvalue weighted by Gasteiger charge is 2.28. The second kappa shape index (κ2) is 9.79. The molecule has 0 bridgehead atoms. The number of esters is 1. The van der Waals surface area contributed by atoms with Crippen LogP contribution in [0.15, 0.2) is 72.5 Å². The Kier molecular flexibility index (Phi) is 6.79. The van der Waals surface area contributed by atoms with Crippen LogP contribution in [0.4, 0.5) is 5.69 Å². The van der Waals surface area contributed by atoms with E-state index in [1.54, 1.807) is 36.4 Å². The molecule has 1 aliphatic heterocycles. The molecule has 0 aromatic heterocycles. The van der Waals surface area contributed by atoms with E-state index in [1.807, 2.05) is 36.4 Å². The average Bonchev–Trinajstić information content (AvgIpc) is 3.14. The average molecular weight is 470 g/mol. The van der Waals surface area contributed by atoms with E-state index in [1.165, 1.54) is 0 Å². The topological polar surface area (TPSA) is 55.8 Å². The van der Waals surface area contributed by atoms with E-state index in [4.69, 9.17) is 9.47 Å². The first-order valence-corrected chi connectivity index (χ1v) is 12.0. The van der Waals surface area contributed by atoms with Gasteiger partial charge in [-0.25, -0.2) is 4.79 Å². The number of nitrogens with zero attached hydrogens (tertiary/aromatic N) is 1. The van der Waals surface area contributed by atoms with Crippen molar-refractivity contribution in [2.45, 2.75) is 40.0 Å². The number of fused-ring (bicyclic) bond motifs is 1. The molecule has 4 rings (SSSR count). The van der Waals surface area contributed by atoms with Gasteiger partial charge in [0.25, 0.3) is 0 Å². The maximum absolute atomic E-state index is 12.8. The minimum absolute atomic E-state index is 0.00488. The highest BCUT2D eigenvalue weighted by molar-refractivity contribution is 6.14. The SMILES string of the molecule is CCN(CC)c1ccc(/C=C2\Oc3cc(OC(=O)c4ccc(C(C)(C)C)cc4)ccc3C2=O)cc1. The fourth-order valence-corrected chi connectivity index (χ4v) is 4.02. The largest absolute Gasteiger partial charge is 0.452 e. The summed E-state index contributed by atoms with van der Waals surface area (Å²) in [5.74, 6) is 0.305. The van der Waals surface area contributed by atoms with Gasteiger partial charge in [0.15, 0.2) is 5.76 Å². The highest BCUT2D eigenvalue weighted by atomic mass is 16.5. The smallest absolute Gasteiger partial charge is 0.343 e. The number of hydrogen-bond acceptors (Lipinski definition) is 5. The molecule has 5 heteroatoms. The van der Waals surface area contributed by atoms with E-state index in [0.717, 1.165) is 29.9 Å². The van der Waals surface area contributed by atoms with Crippen molar-refractivity contribution in [3.05, 3.63) is 94.7 Å². The van der Waals surface area contributed by atoms with Crippen molar-refractivity contribution in [1.82, 2.24) is 0 Å². The van der Waals surface area contributed by atoms with E-state index in [9.17, 15) is 9.59 Å². The lowest BCUT2D eigenvalue weighted by atomic mass is 9.87. The summed E-state index contributed by atoms with van der Waals surface area (Å²) in [6.07, 6.45) is 1.73. The fourth-order valence-electron chi connectivity index (χ4n) is 4.02. The van der Waals surface area contributed by atoms with Crippen molar-refractivity contribution < 1.29 is 19.1 Å². The van der Waals surface area contributed by atoms with Crippen LogP contribution in [0, 0.1) is 0 Å². The van der Waals surface area contributed by atoms with Crippen LogP contribution in [0.2, 0.25) is 0 Å². The summed E-state index contributed by atoms with van der Waals surface area (Å²) < 4.78 is 11.4. The van der Waals surface area contributed by atoms with Gasteiger partial charge in [0.05, 0.1) is 11.1 Å². The number of rotatable bonds is 6. The number of anilines is 1. The Morgan fingerprint density at radius 1 is 0.943 bits per heavy atom. The third kappa shape index (κ3) is 5.29. The van der Waals surface area contributed by atoms with Crippen LogP contribution in [0.1, 0.15) is 66.5 Å². The Morgan fingerprint density at radius 3 is 2.20 bits per heavy atom. The predicted octanol–water partition coefficient (Wildman–Crippen LogP) is 6.67. The van der Waals surface area contributed by atoms with Crippen molar-refractivity contribution in [3.8, 4) is 11.5 Å². The Bertz CT molecular complexity index is 1260. The zero-order valence-corrected chi connectivity index (χ0v) is 20.9. The molecule has 1 aliphatic rings. The predicted molar refractivity (Wildman–Crippen MR) is 139 cm³/mol. The summed E-state index contributed by atoms with van der Waals surface area (Å²) in [6.45, 7) is 12.5. The van der Waals surface area contributed by atoms with Crippen LogP contribution < -0.4 is 14.4 Å². The van der Waals surface area contributed by atoms with E-state index >= 15 is 0 Å². The second-order valence-corrected chi connectivity index (χ2v) is 9.58. The van der Waals surface area contributed by atoms with Crippen LogP contribution in [0.25, 0.3) is 6.08 Å². The summed E-state index contributed by atoms with van der Waals surface area (Å²) in [5.41, 5.74) is 4.07. The molecule has 0 saturated heterocycles. The summed E-state index contributed by atoms with van der Waals surface area (Å²) in [7, 11) is 0. The molecule has 35 heavy (non-hydrogen) atoms. The molecule has 0 fully saturated rings. The second-order valence-electron chi connectivity index (χ2n) is 9.58. The summed E-state index contributed by atoms with van der Waals surface area (Å²) >= 11 is 0. The van der Waals surface area contributed by atoms with Crippen molar-refractivity contribution in [2.24, 2.45) is 0 Å². The number of hydrogen-bond donors (Lipinski definition) is 0. The zero-order chi connectivity index (χ0) is 25.2. The maximum atomic E-state index is 12.8. The summed E-state index contributed by atoms with van der Waals surface area (Å²) in [5, 5.41) is 0. The molecule has 0 N–H and O–H groups in total. The third-order valence-electron chi connectivity index (χ3n) is 6.16. The summed E-state index contributed by atoms with van der Waals surface area (Å²) in [6, 6.07) is 20.3. The third-order valence-corrected chi connectivity index (χ3v) is 6.16. The first-order chi connectivity index (χ1) is 16.7. The molecule has 0 radical (unpaired) electrons. The highest BCUT2D eigenvalue weighted by Crippen LogP contribution is 2.35. The molecule has 0 amide bonds. The first kappa shape index (κ1) is 24.3. The monoisotopic (exact) mass is 469 g/mol. The van der Waals surface area contributed by atoms with Gasteiger partial charge in [0.2, 0.25) is 5.78 Å². The number of ketones is 1.